The zero-order valence-corrected chi connectivity index (χ0v) is 21.6. The molecule has 2 aliphatic heterocycles. The second kappa shape index (κ2) is 9.67. The van der Waals surface area contributed by atoms with Crippen LogP contribution in [0.1, 0.15) is 13.8 Å². The highest BCUT2D eigenvalue weighted by molar-refractivity contribution is 8.30. The number of carbonyl (C=O) groups excluding carboxylic acids is 1. The van der Waals surface area contributed by atoms with E-state index < -0.39 is 18.1 Å². The highest BCUT2D eigenvalue weighted by atomic mass is 35.5. The summed E-state index contributed by atoms with van der Waals surface area (Å²) >= 11 is 15.2. The Labute approximate surface area is 212 Å². The summed E-state index contributed by atoms with van der Waals surface area (Å²) in [6.07, 6.45) is 3.51. The van der Waals surface area contributed by atoms with Crippen molar-refractivity contribution >= 4 is 91.5 Å². The first kappa shape index (κ1) is 24.1. The second-order valence-electron chi connectivity index (χ2n) is 6.93. The predicted molar refractivity (Wildman–Crippen MR) is 139 cm³/mol. The van der Waals surface area contributed by atoms with Crippen molar-refractivity contribution in [1.82, 2.24) is 9.47 Å². The van der Waals surface area contributed by atoms with Crippen molar-refractivity contribution in [3.63, 3.8) is 0 Å². The maximum absolute atomic E-state index is 13.1. The number of carboxylic acid groups (broad SMARTS) is 1. The van der Waals surface area contributed by atoms with Crippen LogP contribution in [0.25, 0.3) is 11.0 Å². The van der Waals surface area contributed by atoms with Gasteiger partial charge in [0.1, 0.15) is 20.4 Å². The normalized spacial score (nSPS) is 19.2. The fourth-order valence-corrected chi connectivity index (χ4v) is 7.31. The van der Waals surface area contributed by atoms with E-state index in [1.165, 1.54) is 4.90 Å². The molecule has 1 fully saturated rings. The third-order valence-electron chi connectivity index (χ3n) is 4.95. The number of carboxylic acids is 1. The average Bonchev–Trinajstić information content (AvgIpc) is 3.37. The number of nitrogens with zero attached hydrogens (tertiary/aromatic N) is 3. The summed E-state index contributed by atoms with van der Waals surface area (Å²) in [6.45, 7) is 4.41. The number of thiocarbonyl (C=S) groups is 1. The minimum absolute atomic E-state index is 0.282. The van der Waals surface area contributed by atoms with Gasteiger partial charge in [0.15, 0.2) is 0 Å². The van der Waals surface area contributed by atoms with E-state index in [2.05, 4.69) is 4.90 Å². The zero-order chi connectivity index (χ0) is 23.9. The molecule has 12 heteroatoms. The van der Waals surface area contributed by atoms with Gasteiger partial charge in [-0.05, 0) is 44.2 Å². The first-order chi connectivity index (χ1) is 15.7. The summed E-state index contributed by atoms with van der Waals surface area (Å²) in [5, 5.41) is 10.9. The van der Waals surface area contributed by atoms with Gasteiger partial charge in [-0.1, -0.05) is 47.3 Å². The van der Waals surface area contributed by atoms with Crippen LogP contribution in [-0.2, 0) is 16.1 Å². The molecule has 0 aliphatic carbocycles. The fourth-order valence-electron chi connectivity index (χ4n) is 3.45. The third-order valence-corrected chi connectivity index (χ3v) is 9.03. The Morgan fingerprint density at radius 2 is 1.88 bits per heavy atom. The molecule has 0 radical (unpaired) electrons. The van der Waals surface area contributed by atoms with Crippen LogP contribution in [0, 0.1) is 0 Å². The quantitative estimate of drug-likeness (QED) is 0.581. The lowest BCUT2D eigenvalue weighted by molar-refractivity contribution is -0.137. The second-order valence-corrected chi connectivity index (χ2v) is 11.1. The van der Waals surface area contributed by atoms with Gasteiger partial charge in [-0.3, -0.25) is 23.9 Å². The number of benzene rings is 1. The van der Waals surface area contributed by atoms with Crippen LogP contribution < -0.4 is 19.7 Å². The van der Waals surface area contributed by atoms with E-state index >= 15 is 0 Å². The Kier molecular flexibility index (Phi) is 7.06. The average molecular weight is 540 g/mol. The van der Waals surface area contributed by atoms with Gasteiger partial charge in [-0.15, -0.1) is 11.3 Å². The smallest absolute Gasteiger partial charge is 0.323 e. The number of hydrogen-bond acceptors (Lipinski definition) is 8. The molecule has 0 atom stereocenters. The summed E-state index contributed by atoms with van der Waals surface area (Å²) in [5.41, 5.74) is 0.545. The van der Waals surface area contributed by atoms with Crippen molar-refractivity contribution in [1.29, 1.82) is 0 Å². The summed E-state index contributed by atoms with van der Waals surface area (Å²) in [5.74, 6) is -1.48. The van der Waals surface area contributed by atoms with Gasteiger partial charge in [0, 0.05) is 23.0 Å². The van der Waals surface area contributed by atoms with Crippen molar-refractivity contribution < 1.29 is 14.7 Å². The van der Waals surface area contributed by atoms with Gasteiger partial charge in [0.2, 0.25) is 0 Å². The molecule has 0 saturated carbocycles. The Hall–Kier alpha value is -2.05. The summed E-state index contributed by atoms with van der Waals surface area (Å²) in [7, 11) is 0. The first-order valence-corrected chi connectivity index (χ1v) is 13.1. The Bertz CT molecular complexity index is 1400. The molecule has 7 nitrogen and oxygen atoms in total. The van der Waals surface area contributed by atoms with Crippen molar-refractivity contribution in [2.75, 3.05) is 18.0 Å². The lowest BCUT2D eigenvalue weighted by Gasteiger charge is -2.17. The predicted octanol–water partition coefficient (Wildman–Crippen LogP) is 2.89. The number of hydrogen-bond donors (Lipinski definition) is 1. The SMILES string of the molecule is CCN1C(=O)/C(=c2/s/c(=C\C=C3\Sc4ccc(Cl)cc4N3CC)c(=O)n2CC(=O)O)SC1=S. The van der Waals surface area contributed by atoms with Crippen molar-refractivity contribution in [2.24, 2.45) is 0 Å². The van der Waals surface area contributed by atoms with Crippen LogP contribution in [0.4, 0.5) is 5.69 Å². The number of aromatic nitrogens is 1. The molecule has 172 valence electrons. The monoisotopic (exact) mass is 539 g/mol. The van der Waals surface area contributed by atoms with Gasteiger partial charge in [-0.2, -0.15) is 0 Å². The van der Waals surface area contributed by atoms with Crippen molar-refractivity contribution in [2.45, 2.75) is 25.3 Å². The Morgan fingerprint density at radius 3 is 2.52 bits per heavy atom. The summed E-state index contributed by atoms with van der Waals surface area (Å²) < 4.78 is 2.17. The van der Waals surface area contributed by atoms with Gasteiger partial charge >= 0.3 is 5.97 Å². The molecule has 3 heterocycles. The number of thiazole rings is 1. The van der Waals surface area contributed by atoms with Crippen LogP contribution in [0.5, 0.6) is 0 Å². The third kappa shape index (κ3) is 4.52. The molecule has 1 N–H and O–H groups in total. The van der Waals surface area contributed by atoms with Crippen molar-refractivity contribution in [3.8, 4) is 0 Å². The number of rotatable bonds is 5. The van der Waals surface area contributed by atoms with Crippen LogP contribution in [0.2, 0.25) is 5.02 Å². The molecule has 1 saturated heterocycles. The van der Waals surface area contributed by atoms with Gasteiger partial charge in [0.05, 0.1) is 15.2 Å². The fraction of sp³-hybridized carbons (Fsp3) is 0.238. The molecule has 1 aromatic heterocycles. The van der Waals surface area contributed by atoms with Crippen LogP contribution >= 0.6 is 58.7 Å². The molecule has 33 heavy (non-hydrogen) atoms. The highest BCUT2D eigenvalue weighted by Crippen LogP contribution is 2.46. The topological polar surface area (TPSA) is 82.9 Å². The highest BCUT2D eigenvalue weighted by Gasteiger charge is 2.33. The number of anilines is 1. The largest absolute Gasteiger partial charge is 0.480 e. The van der Waals surface area contributed by atoms with E-state index in [9.17, 15) is 19.5 Å². The minimum Gasteiger partial charge on any atom is -0.480 e. The van der Waals surface area contributed by atoms with E-state index in [0.29, 0.717) is 31.6 Å². The van der Waals surface area contributed by atoms with Gasteiger partial charge < -0.3 is 10.0 Å². The molecule has 4 rings (SSSR count). The molecule has 2 aromatic rings. The molecule has 1 amide bonds. The van der Waals surface area contributed by atoms with E-state index in [0.717, 1.165) is 43.3 Å². The van der Waals surface area contributed by atoms with E-state index in [4.69, 9.17) is 23.8 Å². The maximum atomic E-state index is 13.1. The van der Waals surface area contributed by atoms with Crippen LogP contribution in [0.15, 0.2) is 39.0 Å². The molecule has 1 aromatic carbocycles. The van der Waals surface area contributed by atoms with E-state index in [1.807, 2.05) is 38.1 Å². The maximum Gasteiger partial charge on any atom is 0.323 e. The van der Waals surface area contributed by atoms with E-state index in [-0.39, 0.29) is 10.8 Å². The number of thioether (sulfide) groups is 2. The number of aliphatic carboxylic acids is 1. The molecular weight excluding hydrogens is 522 g/mol. The first-order valence-electron chi connectivity index (χ1n) is 9.91. The van der Waals surface area contributed by atoms with Gasteiger partial charge in [-0.25, -0.2) is 0 Å². The lowest BCUT2D eigenvalue weighted by atomic mass is 10.3. The molecule has 2 aliphatic rings. The van der Waals surface area contributed by atoms with Crippen LogP contribution in [0.3, 0.4) is 0 Å². The zero-order valence-electron chi connectivity index (χ0n) is 17.5. The van der Waals surface area contributed by atoms with Crippen LogP contribution in [-0.4, -0.2) is 43.9 Å². The summed E-state index contributed by atoms with van der Waals surface area (Å²) in [4.78, 5) is 42.2. The Morgan fingerprint density at radius 1 is 1.15 bits per heavy atom. The molecule has 0 bridgehead atoms. The van der Waals surface area contributed by atoms with Gasteiger partial charge in [0.25, 0.3) is 11.5 Å². The molecule has 0 unspecified atom stereocenters. The van der Waals surface area contributed by atoms with Crippen molar-refractivity contribution in [3.05, 3.63) is 53.9 Å². The number of amides is 1. The lowest BCUT2D eigenvalue weighted by Crippen LogP contribution is -2.35. The molecule has 0 spiro atoms. The number of carbonyl (C=O) groups is 2. The standard InChI is InChI=1S/C21H18ClN3O4S4/c1-3-23-12-9-11(22)5-6-13(12)31-15(23)8-7-14-18(28)25(10-16(26)27)20(32-14)17-19(29)24(4-2)21(30)33-17/h5-9H,3-4,10H2,1-2H3,(H,26,27)/b14-7-,15-8+,20-17-. The minimum atomic E-state index is -1.16. The number of fused-ring (bicyclic) bond motifs is 1. The molecular formula is C21H18ClN3O4S4. The number of halogens is 1. The Balaban J connectivity index is 1.84. The van der Waals surface area contributed by atoms with E-state index in [1.54, 1.807) is 17.8 Å². The number of allylic oxidation sites excluding steroid dienone is 1. The summed E-state index contributed by atoms with van der Waals surface area (Å²) in [6, 6.07) is 5.69.